The van der Waals surface area contributed by atoms with Crippen molar-refractivity contribution in [2.75, 3.05) is 11.9 Å². The molecule has 1 aliphatic carbocycles. The third-order valence-corrected chi connectivity index (χ3v) is 4.12. The maximum absolute atomic E-state index is 10.3. The van der Waals surface area contributed by atoms with E-state index in [1.165, 1.54) is 0 Å². The normalized spacial score (nSPS) is 17.5. The van der Waals surface area contributed by atoms with Crippen LogP contribution in [0.5, 0.6) is 0 Å². The molecule has 1 aliphatic rings. The molecule has 0 spiro atoms. The summed E-state index contributed by atoms with van der Waals surface area (Å²) in [5, 5.41) is 10.3. The van der Waals surface area contributed by atoms with Gasteiger partial charge >= 0.3 is 0 Å². The maximum atomic E-state index is 10.3. The van der Waals surface area contributed by atoms with E-state index in [4.69, 9.17) is 0 Å². The fourth-order valence-electron chi connectivity index (χ4n) is 2.95. The molecule has 0 saturated carbocycles. The van der Waals surface area contributed by atoms with Crippen molar-refractivity contribution >= 4 is 17.1 Å². The molecule has 1 N–H and O–H groups in total. The highest BCUT2D eigenvalue weighted by molar-refractivity contribution is 6.16. The van der Waals surface area contributed by atoms with Crippen LogP contribution < -0.4 is 4.90 Å². The van der Waals surface area contributed by atoms with Crippen LogP contribution in [0.15, 0.2) is 113 Å². The zero-order chi connectivity index (χ0) is 18.4. The Bertz CT molecular complexity index is 864. The molecule has 0 heterocycles. The zero-order valence-electron chi connectivity index (χ0n) is 15.0. The van der Waals surface area contributed by atoms with Crippen molar-refractivity contribution in [2.24, 2.45) is 4.99 Å². The number of aliphatic imine (C=N–C) groups is 1. The van der Waals surface area contributed by atoms with Gasteiger partial charge in [-0.15, -0.1) is 0 Å². The Labute approximate surface area is 154 Å². The van der Waals surface area contributed by atoms with E-state index in [-0.39, 0.29) is 5.76 Å². The third-order valence-electron chi connectivity index (χ3n) is 4.12. The Balaban J connectivity index is 2.22. The number of benzene rings is 2. The van der Waals surface area contributed by atoms with Crippen LogP contribution >= 0.6 is 0 Å². The van der Waals surface area contributed by atoms with Gasteiger partial charge in [0, 0.05) is 24.0 Å². The molecule has 0 atom stereocenters. The summed E-state index contributed by atoms with van der Waals surface area (Å²) < 4.78 is 0. The van der Waals surface area contributed by atoms with Gasteiger partial charge in [0.05, 0.1) is 5.70 Å². The molecule has 0 radical (unpaired) electrons. The van der Waals surface area contributed by atoms with Gasteiger partial charge in [-0.25, -0.2) is 0 Å². The van der Waals surface area contributed by atoms with Crippen molar-refractivity contribution < 1.29 is 5.11 Å². The Kier molecular flexibility index (Phi) is 5.49. The Morgan fingerprint density at radius 1 is 0.885 bits per heavy atom. The number of para-hydroxylation sites is 2. The van der Waals surface area contributed by atoms with E-state index >= 15 is 0 Å². The minimum absolute atomic E-state index is 0.174. The highest BCUT2D eigenvalue weighted by Crippen LogP contribution is 2.35. The second-order valence-electron chi connectivity index (χ2n) is 5.79. The number of nitrogens with zero attached hydrogens (tertiary/aromatic N) is 2. The number of hydrogen-bond acceptors (Lipinski definition) is 3. The average molecular weight is 342 g/mol. The lowest BCUT2D eigenvalue weighted by atomic mass is 9.97. The molecular weight excluding hydrogens is 320 g/mol. The van der Waals surface area contributed by atoms with Gasteiger partial charge in [0.15, 0.2) is 0 Å². The van der Waals surface area contributed by atoms with E-state index < -0.39 is 0 Å². The topological polar surface area (TPSA) is 35.8 Å². The fourth-order valence-corrected chi connectivity index (χ4v) is 2.95. The molecule has 0 aromatic heterocycles. The molecule has 0 amide bonds. The number of allylic oxidation sites excluding steroid dienone is 7. The van der Waals surface area contributed by atoms with Crippen molar-refractivity contribution in [3.63, 3.8) is 0 Å². The maximum Gasteiger partial charge on any atom is 0.141 e. The van der Waals surface area contributed by atoms with Crippen molar-refractivity contribution in [1.29, 1.82) is 0 Å². The Hall–Kier alpha value is -3.33. The SMILES string of the molecule is C\C=C/C=C1/C(N(c2ccccc2)c2ccccc2)=CC=C(O)/C1=N\C. The summed E-state index contributed by atoms with van der Waals surface area (Å²) in [4.78, 5) is 6.48. The average Bonchev–Trinajstić information content (AvgIpc) is 2.69. The first-order valence-electron chi connectivity index (χ1n) is 8.58. The van der Waals surface area contributed by atoms with E-state index in [1.807, 2.05) is 67.6 Å². The first kappa shape index (κ1) is 17.5. The molecule has 0 unspecified atom stereocenters. The van der Waals surface area contributed by atoms with Gasteiger partial charge < -0.3 is 10.0 Å². The summed E-state index contributed by atoms with van der Waals surface area (Å²) >= 11 is 0. The lowest BCUT2D eigenvalue weighted by Gasteiger charge is -2.31. The van der Waals surface area contributed by atoms with Crippen LogP contribution in [-0.2, 0) is 0 Å². The number of anilines is 2. The van der Waals surface area contributed by atoms with Gasteiger partial charge in [0.25, 0.3) is 0 Å². The summed E-state index contributed by atoms with van der Waals surface area (Å²) in [5.41, 5.74) is 4.50. The van der Waals surface area contributed by atoms with Crippen molar-refractivity contribution in [3.8, 4) is 0 Å². The minimum atomic E-state index is 0.174. The Morgan fingerprint density at radius 3 is 1.96 bits per heavy atom. The quantitative estimate of drug-likeness (QED) is 0.769. The van der Waals surface area contributed by atoms with Gasteiger partial charge in [-0.05, 0) is 43.3 Å². The fraction of sp³-hybridized carbons (Fsp3) is 0.0870. The molecule has 0 fully saturated rings. The van der Waals surface area contributed by atoms with Crippen LogP contribution in [-0.4, -0.2) is 17.9 Å². The summed E-state index contributed by atoms with van der Waals surface area (Å²) in [5.74, 6) is 0.174. The highest BCUT2D eigenvalue weighted by atomic mass is 16.3. The number of aliphatic hydroxyl groups excluding tert-OH is 1. The van der Waals surface area contributed by atoms with Crippen LogP contribution in [0, 0.1) is 0 Å². The van der Waals surface area contributed by atoms with Crippen LogP contribution in [0.3, 0.4) is 0 Å². The second-order valence-corrected chi connectivity index (χ2v) is 5.79. The first-order chi connectivity index (χ1) is 12.8. The van der Waals surface area contributed by atoms with Crippen molar-refractivity contribution in [1.82, 2.24) is 0 Å². The van der Waals surface area contributed by atoms with E-state index in [9.17, 15) is 5.11 Å². The largest absolute Gasteiger partial charge is 0.506 e. The van der Waals surface area contributed by atoms with Gasteiger partial charge in [0.1, 0.15) is 11.5 Å². The summed E-state index contributed by atoms with van der Waals surface area (Å²) in [7, 11) is 1.70. The standard InChI is InChI=1S/C23H22N2O/c1-3-4-15-20-21(16-17-22(26)23(20)24-2)25(18-11-7-5-8-12-18)19-13-9-6-10-14-19/h3-17,26H,1-2H3/b4-3-,20-15-,24-23-. The predicted octanol–water partition coefficient (Wildman–Crippen LogP) is 5.74. The molecule has 2 aromatic carbocycles. The number of aliphatic hydroxyl groups is 1. The van der Waals surface area contributed by atoms with Crippen LogP contribution in [0.2, 0.25) is 0 Å². The van der Waals surface area contributed by atoms with Crippen LogP contribution in [0.1, 0.15) is 6.92 Å². The summed E-state index contributed by atoms with van der Waals surface area (Å²) in [6.45, 7) is 1.97. The smallest absolute Gasteiger partial charge is 0.141 e. The highest BCUT2D eigenvalue weighted by Gasteiger charge is 2.25. The third kappa shape index (κ3) is 3.52. The van der Waals surface area contributed by atoms with Gasteiger partial charge in [-0.3, -0.25) is 4.99 Å². The number of hydrogen-bond donors (Lipinski definition) is 1. The lowest BCUT2D eigenvalue weighted by Crippen LogP contribution is -2.24. The monoisotopic (exact) mass is 342 g/mol. The summed E-state index contributed by atoms with van der Waals surface area (Å²) in [6, 6.07) is 20.4. The minimum Gasteiger partial charge on any atom is -0.506 e. The van der Waals surface area contributed by atoms with E-state index in [0.29, 0.717) is 5.71 Å². The predicted molar refractivity (Wildman–Crippen MR) is 110 cm³/mol. The molecule has 0 saturated heterocycles. The lowest BCUT2D eigenvalue weighted by molar-refractivity contribution is 0.442. The molecule has 3 rings (SSSR count). The van der Waals surface area contributed by atoms with Gasteiger partial charge in [0.2, 0.25) is 0 Å². The molecule has 3 nitrogen and oxygen atoms in total. The Morgan fingerprint density at radius 2 is 1.46 bits per heavy atom. The van der Waals surface area contributed by atoms with Crippen LogP contribution in [0.4, 0.5) is 11.4 Å². The van der Waals surface area contributed by atoms with E-state index in [2.05, 4.69) is 34.2 Å². The van der Waals surface area contributed by atoms with Crippen molar-refractivity contribution in [3.05, 3.63) is 108 Å². The molecule has 130 valence electrons. The molecule has 3 heteroatoms. The number of rotatable bonds is 4. The summed E-state index contributed by atoms with van der Waals surface area (Å²) in [6.07, 6.45) is 9.53. The van der Waals surface area contributed by atoms with Gasteiger partial charge in [-0.1, -0.05) is 54.6 Å². The first-order valence-corrected chi connectivity index (χ1v) is 8.58. The second kappa shape index (κ2) is 8.17. The molecular formula is C23H22N2O. The molecule has 0 bridgehead atoms. The molecule has 2 aromatic rings. The van der Waals surface area contributed by atoms with E-state index in [1.54, 1.807) is 13.1 Å². The van der Waals surface area contributed by atoms with E-state index in [0.717, 1.165) is 22.6 Å². The van der Waals surface area contributed by atoms with Crippen LogP contribution in [0.25, 0.3) is 0 Å². The molecule has 26 heavy (non-hydrogen) atoms. The zero-order valence-corrected chi connectivity index (χ0v) is 15.0. The van der Waals surface area contributed by atoms with Gasteiger partial charge in [-0.2, -0.15) is 0 Å². The van der Waals surface area contributed by atoms with Crippen molar-refractivity contribution in [2.45, 2.75) is 6.92 Å². The molecule has 0 aliphatic heterocycles.